The number of carbonyl (C=O) groups excluding carboxylic acids is 2. The van der Waals surface area contributed by atoms with Gasteiger partial charge in [-0.15, -0.1) is 0 Å². The maximum absolute atomic E-state index is 12.7. The fourth-order valence-corrected chi connectivity index (χ4v) is 4.55. The van der Waals surface area contributed by atoms with Gasteiger partial charge in [-0.2, -0.15) is 0 Å². The third kappa shape index (κ3) is 7.31. The van der Waals surface area contributed by atoms with Crippen molar-refractivity contribution in [1.29, 1.82) is 0 Å². The van der Waals surface area contributed by atoms with Crippen molar-refractivity contribution in [2.45, 2.75) is 25.4 Å². The Hall–Kier alpha value is -3.93. The second kappa shape index (κ2) is 13.6. The first-order chi connectivity index (χ1) is 18.5. The number of methoxy groups -OCH3 is 1. The molecule has 4 rings (SSSR count). The van der Waals surface area contributed by atoms with Gasteiger partial charge in [0.2, 0.25) is 0 Å². The van der Waals surface area contributed by atoms with Gasteiger partial charge in [0.15, 0.2) is 0 Å². The van der Waals surface area contributed by atoms with Gasteiger partial charge in [-0.25, -0.2) is 4.79 Å². The number of benzene rings is 4. The van der Waals surface area contributed by atoms with Crippen molar-refractivity contribution in [2.24, 2.45) is 0 Å². The molecule has 0 bridgehead atoms. The molecule has 38 heavy (non-hydrogen) atoms. The molecule has 4 aromatic rings. The van der Waals surface area contributed by atoms with Crippen molar-refractivity contribution in [3.8, 4) is 11.1 Å². The Kier molecular flexibility index (Phi) is 9.68. The van der Waals surface area contributed by atoms with Crippen LogP contribution in [0.15, 0.2) is 103 Å². The lowest BCUT2D eigenvalue weighted by molar-refractivity contribution is -0.142. The molecule has 0 unspecified atom stereocenters. The number of halogens is 1. The maximum Gasteiger partial charge on any atom is 0.328 e. The number of hydrogen-bond acceptors (Lipinski definition) is 4. The molecule has 0 aromatic heterocycles. The van der Waals surface area contributed by atoms with Crippen molar-refractivity contribution in [3.05, 3.63) is 130 Å². The lowest BCUT2D eigenvalue weighted by Gasteiger charge is -2.17. The number of nitrogens with one attached hydrogen (secondary N) is 2. The zero-order chi connectivity index (χ0) is 26.7. The predicted octanol–water partition coefficient (Wildman–Crippen LogP) is 5.85. The lowest BCUT2D eigenvalue weighted by atomic mass is 9.97. The van der Waals surface area contributed by atoms with Gasteiger partial charge in [0.05, 0.1) is 17.7 Å². The quantitative estimate of drug-likeness (QED) is 0.190. The number of esters is 1. The number of rotatable bonds is 11. The summed E-state index contributed by atoms with van der Waals surface area (Å²) in [6, 6.07) is 32.7. The maximum atomic E-state index is 12.7. The standard InChI is InChI=1S/C32H31ClN2O3/c1-38-32(37)30(35-31(36)28-13-7-8-14-29(28)33)21-24-15-17-25(18-16-24)27-12-6-5-11-26(27)22-34-20-19-23-9-3-2-4-10-23/h2-18,30,34H,19-22H2,1H3,(H,35,36)/t30-/m0/s1. The van der Waals surface area contributed by atoms with E-state index in [0.717, 1.165) is 36.2 Å². The Morgan fingerprint density at radius 1 is 0.816 bits per heavy atom. The molecule has 0 saturated heterocycles. The second-order valence-electron chi connectivity index (χ2n) is 9.00. The van der Waals surface area contributed by atoms with E-state index in [9.17, 15) is 9.59 Å². The Labute approximate surface area is 228 Å². The SMILES string of the molecule is COC(=O)[C@H](Cc1ccc(-c2ccccc2CNCCc2ccccc2)cc1)NC(=O)c1ccccc1Cl. The summed E-state index contributed by atoms with van der Waals surface area (Å²) in [5.74, 6) is -0.933. The molecule has 194 valence electrons. The molecule has 6 heteroatoms. The Morgan fingerprint density at radius 3 is 2.24 bits per heavy atom. The molecule has 1 amide bonds. The van der Waals surface area contributed by atoms with Crippen LogP contribution in [0.5, 0.6) is 0 Å². The predicted molar refractivity (Wildman–Crippen MR) is 152 cm³/mol. The second-order valence-corrected chi connectivity index (χ2v) is 9.41. The summed E-state index contributed by atoms with van der Waals surface area (Å²) < 4.78 is 4.94. The molecule has 0 fully saturated rings. The molecular formula is C32H31ClN2O3. The smallest absolute Gasteiger partial charge is 0.328 e. The van der Waals surface area contributed by atoms with Gasteiger partial charge in [-0.05, 0) is 52.9 Å². The number of amides is 1. The van der Waals surface area contributed by atoms with E-state index in [0.29, 0.717) is 17.0 Å². The molecule has 0 radical (unpaired) electrons. The highest BCUT2D eigenvalue weighted by Crippen LogP contribution is 2.25. The third-order valence-electron chi connectivity index (χ3n) is 6.38. The number of hydrogen-bond donors (Lipinski definition) is 2. The first kappa shape index (κ1) is 27.1. The molecule has 0 aliphatic heterocycles. The summed E-state index contributed by atoms with van der Waals surface area (Å²) in [6.45, 7) is 1.66. The van der Waals surface area contributed by atoms with E-state index in [1.54, 1.807) is 24.3 Å². The molecule has 0 aliphatic carbocycles. The van der Waals surface area contributed by atoms with E-state index < -0.39 is 17.9 Å². The van der Waals surface area contributed by atoms with Crippen LogP contribution < -0.4 is 10.6 Å². The summed E-state index contributed by atoms with van der Waals surface area (Å²) in [5, 5.41) is 6.64. The molecule has 0 spiro atoms. The molecule has 4 aromatic carbocycles. The third-order valence-corrected chi connectivity index (χ3v) is 6.71. The monoisotopic (exact) mass is 526 g/mol. The minimum absolute atomic E-state index is 0.297. The minimum Gasteiger partial charge on any atom is -0.467 e. The normalized spacial score (nSPS) is 11.5. The Balaban J connectivity index is 1.41. The number of ether oxygens (including phenoxy) is 1. The van der Waals surface area contributed by atoms with E-state index >= 15 is 0 Å². The first-order valence-electron chi connectivity index (χ1n) is 12.6. The summed E-state index contributed by atoms with van der Waals surface area (Å²) in [4.78, 5) is 25.2. The molecule has 0 saturated carbocycles. The van der Waals surface area contributed by atoms with Crippen molar-refractivity contribution >= 4 is 23.5 Å². The largest absolute Gasteiger partial charge is 0.467 e. The van der Waals surface area contributed by atoms with Crippen LogP contribution in [0.3, 0.4) is 0 Å². The van der Waals surface area contributed by atoms with Gasteiger partial charge in [-0.1, -0.05) is 103 Å². The fourth-order valence-electron chi connectivity index (χ4n) is 4.33. The van der Waals surface area contributed by atoms with Gasteiger partial charge in [-0.3, -0.25) is 4.79 Å². The van der Waals surface area contributed by atoms with Gasteiger partial charge in [0.1, 0.15) is 6.04 Å². The highest BCUT2D eigenvalue weighted by atomic mass is 35.5. The summed E-state index contributed by atoms with van der Waals surface area (Å²) in [7, 11) is 1.31. The molecule has 0 aliphatic rings. The van der Waals surface area contributed by atoms with Gasteiger partial charge >= 0.3 is 5.97 Å². The highest BCUT2D eigenvalue weighted by molar-refractivity contribution is 6.33. The van der Waals surface area contributed by atoms with E-state index in [1.165, 1.54) is 18.2 Å². The van der Waals surface area contributed by atoms with Crippen molar-refractivity contribution in [3.63, 3.8) is 0 Å². The van der Waals surface area contributed by atoms with Crippen molar-refractivity contribution in [2.75, 3.05) is 13.7 Å². The topological polar surface area (TPSA) is 67.4 Å². The van der Waals surface area contributed by atoms with E-state index in [4.69, 9.17) is 16.3 Å². The molecular weight excluding hydrogens is 496 g/mol. The van der Waals surface area contributed by atoms with Crippen molar-refractivity contribution in [1.82, 2.24) is 10.6 Å². The van der Waals surface area contributed by atoms with Gasteiger partial charge in [0, 0.05) is 13.0 Å². The van der Waals surface area contributed by atoms with Crippen LogP contribution in [-0.4, -0.2) is 31.6 Å². The van der Waals surface area contributed by atoms with Gasteiger partial charge in [0.25, 0.3) is 5.91 Å². The van der Waals surface area contributed by atoms with E-state index in [-0.39, 0.29) is 0 Å². The van der Waals surface area contributed by atoms with Crippen LogP contribution >= 0.6 is 11.6 Å². The highest BCUT2D eigenvalue weighted by Gasteiger charge is 2.23. The molecule has 2 N–H and O–H groups in total. The zero-order valence-corrected chi connectivity index (χ0v) is 22.1. The van der Waals surface area contributed by atoms with Crippen molar-refractivity contribution < 1.29 is 14.3 Å². The average Bonchev–Trinajstić information content (AvgIpc) is 2.96. The van der Waals surface area contributed by atoms with Crippen LogP contribution in [0.1, 0.15) is 27.0 Å². The Morgan fingerprint density at radius 2 is 1.50 bits per heavy atom. The van der Waals surface area contributed by atoms with Crippen LogP contribution in [-0.2, 0) is 28.9 Å². The van der Waals surface area contributed by atoms with Gasteiger partial charge < -0.3 is 15.4 Å². The fraction of sp³-hybridized carbons (Fsp3) is 0.188. The van der Waals surface area contributed by atoms with Crippen LogP contribution in [0.25, 0.3) is 11.1 Å². The minimum atomic E-state index is -0.837. The number of carbonyl (C=O) groups is 2. The molecule has 1 atom stereocenters. The summed E-state index contributed by atoms with van der Waals surface area (Å²) in [5.41, 5.74) is 5.99. The molecule has 0 heterocycles. The van der Waals surface area contributed by atoms with Crippen LogP contribution in [0.4, 0.5) is 0 Å². The molecule has 5 nitrogen and oxygen atoms in total. The Bertz CT molecular complexity index is 1360. The first-order valence-corrected chi connectivity index (χ1v) is 13.0. The van der Waals surface area contributed by atoms with Crippen LogP contribution in [0, 0.1) is 0 Å². The average molecular weight is 527 g/mol. The van der Waals surface area contributed by atoms with E-state index in [1.807, 2.05) is 36.4 Å². The van der Waals surface area contributed by atoms with Crippen LogP contribution in [0.2, 0.25) is 5.02 Å². The summed E-state index contributed by atoms with van der Waals surface area (Å²) in [6.07, 6.45) is 1.28. The summed E-state index contributed by atoms with van der Waals surface area (Å²) >= 11 is 6.15. The lowest BCUT2D eigenvalue weighted by Crippen LogP contribution is -2.43. The zero-order valence-electron chi connectivity index (χ0n) is 21.3. The van der Waals surface area contributed by atoms with E-state index in [2.05, 4.69) is 53.1 Å².